The first kappa shape index (κ1) is 20.6. The molecule has 5 rings (SSSR count). The van der Waals surface area contributed by atoms with E-state index < -0.39 is 16.3 Å². The number of nitrogens with one attached hydrogen (secondary N) is 1. The summed E-state index contributed by atoms with van der Waals surface area (Å²) in [6.45, 7) is 2.28. The molecule has 164 valence electrons. The number of fused-ring (bicyclic) bond motifs is 2. The van der Waals surface area contributed by atoms with Crippen LogP contribution in [-0.2, 0) is 16.1 Å². The SMILES string of the molecule is C[C@H]1[C@H](CNC(=O)[C@@H]2C[C@H]3C[C@H]3N2C(=O)Cn2nc(C(N)=O)c3ccccc32)C1(Cl)Cl. The molecule has 0 unspecified atom stereocenters. The summed E-state index contributed by atoms with van der Waals surface area (Å²) in [6, 6.07) is 6.71. The molecule has 8 nitrogen and oxygen atoms in total. The normalized spacial score (nSPS) is 30.2. The molecular weight excluding hydrogens is 441 g/mol. The summed E-state index contributed by atoms with van der Waals surface area (Å²) in [5.74, 6) is -0.520. The average molecular weight is 464 g/mol. The topological polar surface area (TPSA) is 110 Å². The minimum atomic E-state index is -0.792. The van der Waals surface area contributed by atoms with Crippen LogP contribution in [0.4, 0.5) is 0 Å². The van der Waals surface area contributed by atoms with Gasteiger partial charge in [-0.15, -0.1) is 23.2 Å². The quantitative estimate of drug-likeness (QED) is 0.634. The molecule has 1 saturated heterocycles. The molecule has 3 fully saturated rings. The number of carbonyl (C=O) groups excluding carboxylic acids is 3. The van der Waals surface area contributed by atoms with E-state index in [9.17, 15) is 14.4 Å². The predicted molar refractivity (Wildman–Crippen MR) is 115 cm³/mol. The number of hydrogen-bond acceptors (Lipinski definition) is 4. The number of primary amides is 1. The van der Waals surface area contributed by atoms with E-state index in [1.54, 1.807) is 23.1 Å². The highest BCUT2D eigenvalue weighted by Crippen LogP contribution is 2.58. The maximum atomic E-state index is 13.2. The Morgan fingerprint density at radius 3 is 2.65 bits per heavy atom. The number of carbonyl (C=O) groups is 3. The third-order valence-electron chi connectivity index (χ3n) is 6.96. The number of nitrogens with zero attached hydrogens (tertiary/aromatic N) is 3. The van der Waals surface area contributed by atoms with Crippen molar-refractivity contribution >= 4 is 51.8 Å². The minimum absolute atomic E-state index is 0.0162. The van der Waals surface area contributed by atoms with Gasteiger partial charge in [0.2, 0.25) is 11.8 Å². The molecule has 0 spiro atoms. The van der Waals surface area contributed by atoms with Crippen LogP contribution in [0.2, 0.25) is 0 Å². The van der Waals surface area contributed by atoms with Crippen LogP contribution >= 0.6 is 23.2 Å². The Kier molecular flexibility index (Phi) is 4.71. The second kappa shape index (κ2) is 7.10. The lowest BCUT2D eigenvalue weighted by Crippen LogP contribution is -2.49. The zero-order valence-corrected chi connectivity index (χ0v) is 18.4. The number of amides is 3. The van der Waals surface area contributed by atoms with Gasteiger partial charge in [-0.2, -0.15) is 5.10 Å². The molecule has 2 aliphatic carbocycles. The van der Waals surface area contributed by atoms with E-state index in [2.05, 4.69) is 10.4 Å². The summed E-state index contributed by atoms with van der Waals surface area (Å²) in [5.41, 5.74) is 6.23. The van der Waals surface area contributed by atoms with Crippen molar-refractivity contribution in [3.05, 3.63) is 30.0 Å². The number of aromatic nitrogens is 2. The predicted octanol–water partition coefficient (Wildman–Crippen LogP) is 1.68. The van der Waals surface area contributed by atoms with E-state index in [0.717, 1.165) is 6.42 Å². The fraction of sp³-hybridized carbons (Fsp3) is 0.524. The maximum absolute atomic E-state index is 13.2. The summed E-state index contributed by atoms with van der Waals surface area (Å²) in [7, 11) is 0. The Balaban J connectivity index is 1.31. The number of nitrogens with two attached hydrogens (primary N) is 1. The highest BCUT2D eigenvalue weighted by atomic mass is 35.5. The summed E-state index contributed by atoms with van der Waals surface area (Å²) in [4.78, 5) is 39.5. The highest BCUT2D eigenvalue weighted by Gasteiger charge is 2.60. The van der Waals surface area contributed by atoms with Gasteiger partial charge in [0.1, 0.15) is 16.9 Å². The standard InChI is InChI=1S/C21H23Cl2N5O3/c1-10-13(21(10,22)23)8-25-20(31)16-7-11-6-15(11)28(16)17(29)9-27-14-5-3-2-4-12(14)18(26-27)19(24)30/h2-5,10-11,13,15-16H,6-9H2,1H3,(H2,24,30)(H,25,31)/t10-,11+,13-,15+,16-/m0/s1. The molecular formula is C21H23Cl2N5O3. The van der Waals surface area contributed by atoms with Gasteiger partial charge in [0.25, 0.3) is 5.91 Å². The number of benzene rings is 1. The molecule has 3 N–H and O–H groups in total. The molecule has 0 radical (unpaired) electrons. The summed E-state index contributed by atoms with van der Waals surface area (Å²) in [6.07, 6.45) is 1.57. The Hall–Kier alpha value is -2.32. The highest BCUT2D eigenvalue weighted by molar-refractivity contribution is 6.51. The zero-order valence-electron chi connectivity index (χ0n) is 16.9. The van der Waals surface area contributed by atoms with E-state index in [0.29, 0.717) is 29.8 Å². The molecule has 1 aromatic heterocycles. The number of piperidine rings is 1. The molecule has 0 bridgehead atoms. The Bertz CT molecular complexity index is 1100. The largest absolute Gasteiger partial charge is 0.364 e. The molecule has 3 amide bonds. The van der Waals surface area contributed by atoms with Crippen molar-refractivity contribution in [1.29, 1.82) is 0 Å². The maximum Gasteiger partial charge on any atom is 0.269 e. The van der Waals surface area contributed by atoms with Crippen molar-refractivity contribution < 1.29 is 14.4 Å². The van der Waals surface area contributed by atoms with Gasteiger partial charge in [0.05, 0.1) is 5.52 Å². The van der Waals surface area contributed by atoms with Gasteiger partial charge in [-0.05, 0) is 30.7 Å². The lowest BCUT2D eigenvalue weighted by atomic mass is 10.1. The van der Waals surface area contributed by atoms with Crippen LogP contribution in [0.1, 0.15) is 30.3 Å². The van der Waals surface area contributed by atoms with Gasteiger partial charge in [0, 0.05) is 23.9 Å². The lowest BCUT2D eigenvalue weighted by Gasteiger charge is -2.27. The first-order valence-corrected chi connectivity index (χ1v) is 11.2. The summed E-state index contributed by atoms with van der Waals surface area (Å²) < 4.78 is 0.698. The molecule has 5 atom stereocenters. The average Bonchev–Trinajstić information content (AvgIpc) is 3.44. The van der Waals surface area contributed by atoms with Crippen molar-refractivity contribution in [2.24, 2.45) is 23.5 Å². The van der Waals surface area contributed by atoms with E-state index >= 15 is 0 Å². The van der Waals surface area contributed by atoms with Crippen LogP contribution < -0.4 is 11.1 Å². The molecule has 31 heavy (non-hydrogen) atoms. The van der Waals surface area contributed by atoms with Crippen LogP contribution in [0.3, 0.4) is 0 Å². The van der Waals surface area contributed by atoms with Gasteiger partial charge in [0.15, 0.2) is 5.69 Å². The van der Waals surface area contributed by atoms with Gasteiger partial charge >= 0.3 is 0 Å². The van der Waals surface area contributed by atoms with Gasteiger partial charge in [-0.25, -0.2) is 0 Å². The fourth-order valence-electron chi connectivity index (χ4n) is 4.89. The summed E-state index contributed by atoms with van der Waals surface area (Å²) >= 11 is 12.4. The number of likely N-dealkylation sites (tertiary alicyclic amines) is 1. The lowest BCUT2D eigenvalue weighted by molar-refractivity contribution is -0.140. The third kappa shape index (κ3) is 3.36. The van der Waals surface area contributed by atoms with Crippen LogP contribution in [0.25, 0.3) is 10.9 Å². The Morgan fingerprint density at radius 1 is 1.26 bits per heavy atom. The third-order valence-corrected chi connectivity index (χ3v) is 8.21. The van der Waals surface area contributed by atoms with E-state index in [1.807, 2.05) is 13.0 Å². The second-order valence-electron chi connectivity index (χ2n) is 8.82. The zero-order chi connectivity index (χ0) is 22.1. The first-order chi connectivity index (χ1) is 14.7. The first-order valence-electron chi connectivity index (χ1n) is 10.4. The minimum Gasteiger partial charge on any atom is -0.364 e. The van der Waals surface area contributed by atoms with Crippen LogP contribution in [0, 0.1) is 17.8 Å². The van der Waals surface area contributed by atoms with Crippen molar-refractivity contribution in [3.8, 4) is 0 Å². The van der Waals surface area contributed by atoms with Gasteiger partial charge in [-0.3, -0.25) is 19.1 Å². The van der Waals surface area contributed by atoms with Crippen molar-refractivity contribution in [2.45, 2.75) is 42.7 Å². The number of halogens is 2. The van der Waals surface area contributed by atoms with Gasteiger partial charge in [-0.1, -0.05) is 25.1 Å². The van der Waals surface area contributed by atoms with Crippen molar-refractivity contribution in [1.82, 2.24) is 20.0 Å². The van der Waals surface area contributed by atoms with Crippen LogP contribution in [0.5, 0.6) is 0 Å². The Morgan fingerprint density at radius 2 is 1.97 bits per heavy atom. The molecule has 2 aromatic rings. The van der Waals surface area contributed by atoms with E-state index in [-0.39, 0.29) is 41.9 Å². The van der Waals surface area contributed by atoms with Crippen molar-refractivity contribution in [2.75, 3.05) is 6.54 Å². The molecule has 10 heteroatoms. The molecule has 3 aliphatic rings. The second-order valence-corrected chi connectivity index (χ2v) is 10.3. The monoisotopic (exact) mass is 463 g/mol. The Labute approximate surface area is 189 Å². The smallest absolute Gasteiger partial charge is 0.269 e. The summed E-state index contributed by atoms with van der Waals surface area (Å²) in [5, 5.41) is 7.80. The number of para-hydroxylation sites is 1. The van der Waals surface area contributed by atoms with E-state index in [1.165, 1.54) is 4.68 Å². The van der Waals surface area contributed by atoms with Crippen LogP contribution in [0.15, 0.2) is 24.3 Å². The van der Waals surface area contributed by atoms with Gasteiger partial charge < -0.3 is 16.0 Å². The number of rotatable bonds is 6. The van der Waals surface area contributed by atoms with Crippen molar-refractivity contribution in [3.63, 3.8) is 0 Å². The number of hydrogen-bond donors (Lipinski definition) is 2. The fourth-order valence-corrected chi connectivity index (χ4v) is 5.60. The molecule has 2 saturated carbocycles. The molecule has 1 aromatic carbocycles. The molecule has 1 aliphatic heterocycles. The van der Waals surface area contributed by atoms with Crippen LogP contribution in [-0.4, -0.2) is 55.4 Å². The number of alkyl halides is 2. The molecule has 2 heterocycles. The van der Waals surface area contributed by atoms with E-state index in [4.69, 9.17) is 28.9 Å².